The van der Waals surface area contributed by atoms with Crippen LogP contribution in [-0.4, -0.2) is 34.4 Å². The summed E-state index contributed by atoms with van der Waals surface area (Å²) in [7, 11) is 0. The number of aromatic nitrogens is 1. The third-order valence-electron chi connectivity index (χ3n) is 1.43. The Hall–Kier alpha value is -1.82. The average molecular weight is 197 g/mol. The fourth-order valence-electron chi connectivity index (χ4n) is 0.880. The third-order valence-corrected chi connectivity index (χ3v) is 1.43. The van der Waals surface area contributed by atoms with E-state index in [0.717, 1.165) is 0 Å². The summed E-state index contributed by atoms with van der Waals surface area (Å²) in [5.41, 5.74) is 0.409. The van der Waals surface area contributed by atoms with Crippen LogP contribution in [0.1, 0.15) is 0 Å². The van der Waals surface area contributed by atoms with Gasteiger partial charge >= 0.3 is 6.09 Å². The van der Waals surface area contributed by atoms with Crippen molar-refractivity contribution in [1.82, 2.24) is 4.98 Å². The second-order valence-electron chi connectivity index (χ2n) is 2.51. The van der Waals surface area contributed by atoms with E-state index in [0.29, 0.717) is 18.1 Å². The lowest BCUT2D eigenvalue weighted by atomic mass is 10.4. The number of pyridine rings is 1. The van der Waals surface area contributed by atoms with E-state index in [4.69, 9.17) is 10.2 Å². The van der Waals surface area contributed by atoms with Crippen LogP contribution in [0.4, 0.5) is 16.3 Å². The summed E-state index contributed by atoms with van der Waals surface area (Å²) < 4.78 is 0. The molecule has 4 N–H and O–H groups in total. The Morgan fingerprint density at radius 2 is 2.29 bits per heavy atom. The van der Waals surface area contributed by atoms with Crippen molar-refractivity contribution in [3.8, 4) is 0 Å². The summed E-state index contributed by atoms with van der Waals surface area (Å²) in [6, 6.07) is 3.21. The zero-order chi connectivity index (χ0) is 10.4. The molecule has 0 saturated heterocycles. The molecule has 14 heavy (non-hydrogen) atoms. The molecule has 1 rings (SSSR count). The van der Waals surface area contributed by atoms with Crippen molar-refractivity contribution in [3.05, 3.63) is 18.3 Å². The van der Waals surface area contributed by atoms with E-state index in [1.807, 2.05) is 0 Å². The van der Waals surface area contributed by atoms with Crippen LogP contribution in [0, 0.1) is 0 Å². The molecule has 76 valence electrons. The highest BCUT2D eigenvalue weighted by molar-refractivity contribution is 5.82. The van der Waals surface area contributed by atoms with Crippen molar-refractivity contribution < 1.29 is 15.0 Å². The number of nitrogens with one attached hydrogen (secondary N) is 2. The standard InChI is InChI=1S/C8H11N3O3/c12-4-3-9-7-2-1-6(5-10-7)11-8(13)14/h1-2,5,11-12H,3-4H2,(H,9,10)(H,13,14). The smallest absolute Gasteiger partial charge is 0.409 e. The molecular weight excluding hydrogens is 186 g/mol. The summed E-state index contributed by atoms with van der Waals surface area (Å²) in [6.45, 7) is 0.440. The normalized spacial score (nSPS) is 9.50. The van der Waals surface area contributed by atoms with Crippen LogP contribution >= 0.6 is 0 Å². The summed E-state index contributed by atoms with van der Waals surface area (Å²) in [5.74, 6) is 0.593. The molecule has 0 fully saturated rings. The number of hydrogen-bond acceptors (Lipinski definition) is 4. The van der Waals surface area contributed by atoms with Gasteiger partial charge in [0.2, 0.25) is 0 Å². The second kappa shape index (κ2) is 5.03. The van der Waals surface area contributed by atoms with Gasteiger partial charge in [0.25, 0.3) is 0 Å². The lowest BCUT2D eigenvalue weighted by molar-refractivity contribution is 0.209. The van der Waals surface area contributed by atoms with Crippen LogP contribution in [0.15, 0.2) is 18.3 Å². The molecular formula is C8H11N3O3. The minimum atomic E-state index is -1.12. The predicted octanol–water partition coefficient (Wildman–Crippen LogP) is 0.576. The van der Waals surface area contributed by atoms with Crippen molar-refractivity contribution in [2.45, 2.75) is 0 Å². The Kier molecular flexibility index (Phi) is 3.69. The van der Waals surface area contributed by atoms with Crippen molar-refractivity contribution in [1.29, 1.82) is 0 Å². The molecule has 0 aliphatic rings. The molecule has 6 heteroatoms. The molecule has 6 nitrogen and oxygen atoms in total. The van der Waals surface area contributed by atoms with Crippen LogP contribution in [0.3, 0.4) is 0 Å². The number of carboxylic acid groups (broad SMARTS) is 1. The minimum absolute atomic E-state index is 0.0246. The van der Waals surface area contributed by atoms with Gasteiger partial charge in [-0.1, -0.05) is 0 Å². The van der Waals surface area contributed by atoms with Gasteiger partial charge < -0.3 is 15.5 Å². The Labute approximate surface area is 80.6 Å². The van der Waals surface area contributed by atoms with Gasteiger partial charge in [-0.2, -0.15) is 0 Å². The van der Waals surface area contributed by atoms with Gasteiger partial charge in [-0.05, 0) is 12.1 Å². The zero-order valence-corrected chi connectivity index (χ0v) is 7.40. The monoisotopic (exact) mass is 197 g/mol. The van der Waals surface area contributed by atoms with E-state index in [1.165, 1.54) is 6.20 Å². The number of aliphatic hydroxyl groups excluding tert-OH is 1. The highest BCUT2D eigenvalue weighted by atomic mass is 16.4. The number of rotatable bonds is 4. The van der Waals surface area contributed by atoms with Crippen LogP contribution < -0.4 is 10.6 Å². The van der Waals surface area contributed by atoms with E-state index < -0.39 is 6.09 Å². The molecule has 1 aromatic heterocycles. The molecule has 1 heterocycles. The molecule has 1 amide bonds. The number of anilines is 2. The van der Waals surface area contributed by atoms with E-state index in [9.17, 15) is 4.79 Å². The third kappa shape index (κ3) is 3.28. The van der Waals surface area contributed by atoms with Crippen LogP contribution in [-0.2, 0) is 0 Å². The Bertz CT molecular complexity index is 299. The summed E-state index contributed by atoms with van der Waals surface area (Å²) >= 11 is 0. The lowest BCUT2D eigenvalue weighted by Gasteiger charge is -2.04. The fraction of sp³-hybridized carbons (Fsp3) is 0.250. The van der Waals surface area contributed by atoms with E-state index in [-0.39, 0.29) is 6.61 Å². The SMILES string of the molecule is O=C(O)Nc1ccc(NCCO)nc1. The molecule has 0 saturated carbocycles. The second-order valence-corrected chi connectivity index (χ2v) is 2.51. The van der Waals surface area contributed by atoms with Gasteiger partial charge in [0.05, 0.1) is 18.5 Å². The highest BCUT2D eigenvalue weighted by Gasteiger charge is 1.98. The first-order valence-corrected chi connectivity index (χ1v) is 4.03. The van der Waals surface area contributed by atoms with Crippen molar-refractivity contribution >= 4 is 17.6 Å². The highest BCUT2D eigenvalue weighted by Crippen LogP contribution is 2.08. The molecule has 0 aromatic carbocycles. The Morgan fingerprint density at radius 1 is 1.50 bits per heavy atom. The number of aliphatic hydroxyl groups is 1. The van der Waals surface area contributed by atoms with Crippen molar-refractivity contribution in [2.75, 3.05) is 23.8 Å². The van der Waals surface area contributed by atoms with E-state index in [1.54, 1.807) is 12.1 Å². The first kappa shape index (κ1) is 10.3. The van der Waals surface area contributed by atoms with E-state index >= 15 is 0 Å². The molecule has 0 radical (unpaired) electrons. The largest absolute Gasteiger partial charge is 0.465 e. The van der Waals surface area contributed by atoms with Gasteiger partial charge in [-0.15, -0.1) is 0 Å². The van der Waals surface area contributed by atoms with Gasteiger partial charge in [0, 0.05) is 6.54 Å². The minimum Gasteiger partial charge on any atom is -0.465 e. The fourth-order valence-corrected chi connectivity index (χ4v) is 0.880. The molecule has 0 aliphatic carbocycles. The maximum absolute atomic E-state index is 10.2. The van der Waals surface area contributed by atoms with Crippen LogP contribution in [0.25, 0.3) is 0 Å². The van der Waals surface area contributed by atoms with Crippen molar-refractivity contribution in [3.63, 3.8) is 0 Å². The molecule has 0 spiro atoms. The van der Waals surface area contributed by atoms with E-state index in [2.05, 4.69) is 15.6 Å². The zero-order valence-electron chi connectivity index (χ0n) is 7.40. The molecule has 0 atom stereocenters. The summed E-state index contributed by atoms with van der Waals surface area (Å²) in [6.07, 6.45) is 0.274. The average Bonchev–Trinajstić information content (AvgIpc) is 2.16. The number of nitrogens with zero attached hydrogens (tertiary/aromatic N) is 1. The van der Waals surface area contributed by atoms with Crippen molar-refractivity contribution in [2.24, 2.45) is 0 Å². The first-order chi connectivity index (χ1) is 6.72. The summed E-state index contributed by atoms with van der Waals surface area (Å²) in [4.78, 5) is 14.2. The maximum atomic E-state index is 10.2. The molecule has 0 unspecified atom stereocenters. The van der Waals surface area contributed by atoms with Gasteiger partial charge in [0.15, 0.2) is 0 Å². The molecule has 0 bridgehead atoms. The van der Waals surface area contributed by atoms with Gasteiger partial charge in [0.1, 0.15) is 5.82 Å². The maximum Gasteiger partial charge on any atom is 0.409 e. The van der Waals surface area contributed by atoms with Gasteiger partial charge in [-0.3, -0.25) is 5.32 Å². The molecule has 1 aromatic rings. The molecule has 0 aliphatic heterocycles. The Morgan fingerprint density at radius 3 is 2.79 bits per heavy atom. The summed E-state index contributed by atoms with van der Waals surface area (Å²) in [5, 5.41) is 21.9. The van der Waals surface area contributed by atoms with Crippen LogP contribution in [0.2, 0.25) is 0 Å². The number of amides is 1. The quantitative estimate of drug-likeness (QED) is 0.566. The topological polar surface area (TPSA) is 94.5 Å². The lowest BCUT2D eigenvalue weighted by Crippen LogP contribution is -2.09. The van der Waals surface area contributed by atoms with Gasteiger partial charge in [-0.25, -0.2) is 9.78 Å². The van der Waals surface area contributed by atoms with Crippen LogP contribution in [0.5, 0.6) is 0 Å². The Balaban J connectivity index is 2.54. The number of carbonyl (C=O) groups is 1. The predicted molar refractivity (Wildman–Crippen MR) is 51.5 cm³/mol. The first-order valence-electron chi connectivity index (χ1n) is 4.03. The number of hydrogen-bond donors (Lipinski definition) is 4.